The molecule has 0 atom stereocenters. The van der Waals surface area contributed by atoms with Crippen LogP contribution in [-0.2, 0) is 7.05 Å². The molecule has 1 fully saturated rings. The van der Waals surface area contributed by atoms with Crippen LogP contribution < -0.4 is 4.57 Å². The Hall–Kier alpha value is -2.22. The monoisotopic (exact) mass is 317 g/mol. The van der Waals surface area contributed by atoms with E-state index in [0.717, 1.165) is 11.4 Å². The fourth-order valence-electron chi connectivity index (χ4n) is 3.87. The minimum absolute atomic E-state index is 0.747. The van der Waals surface area contributed by atoms with Crippen LogP contribution in [0.1, 0.15) is 47.4 Å². The molecule has 0 N–H and O–H groups in total. The molecule has 1 saturated carbocycles. The maximum Gasteiger partial charge on any atom is 0.287 e. The van der Waals surface area contributed by atoms with Crippen molar-refractivity contribution in [3.63, 3.8) is 0 Å². The Kier molecular flexibility index (Phi) is 3.64. The number of benzene rings is 2. The molecule has 0 radical (unpaired) electrons. The summed E-state index contributed by atoms with van der Waals surface area (Å²) in [7, 11) is 2.10. The summed E-state index contributed by atoms with van der Waals surface area (Å²) in [6, 6.07) is 11.5. The van der Waals surface area contributed by atoms with E-state index in [1.165, 1.54) is 58.2 Å². The van der Waals surface area contributed by atoms with Gasteiger partial charge in [0, 0.05) is 5.56 Å². The summed E-state index contributed by atoms with van der Waals surface area (Å²) in [5.74, 6) is 0.747. The Morgan fingerprint density at radius 3 is 2.54 bits per heavy atom. The smallest absolute Gasteiger partial charge is 0.232 e. The van der Waals surface area contributed by atoms with Crippen LogP contribution in [0.4, 0.5) is 0 Å². The first-order chi connectivity index (χ1) is 11.5. The SMILES string of the molecule is Cc1cc(C)c(C)c(-c2c3ccc(C4CCC4)cc3nc[n+]2C)c1. The molecular formula is C22H25N2+. The van der Waals surface area contributed by atoms with Gasteiger partial charge >= 0.3 is 0 Å². The zero-order valence-electron chi connectivity index (χ0n) is 15.1. The molecule has 0 amide bonds. The molecule has 1 aliphatic rings. The topological polar surface area (TPSA) is 16.8 Å². The highest BCUT2D eigenvalue weighted by molar-refractivity contribution is 5.92. The van der Waals surface area contributed by atoms with E-state index in [2.05, 4.69) is 62.7 Å². The van der Waals surface area contributed by atoms with E-state index in [0.29, 0.717) is 0 Å². The molecule has 4 rings (SSSR count). The second-order valence-corrected chi connectivity index (χ2v) is 7.36. The van der Waals surface area contributed by atoms with Gasteiger partial charge in [0.2, 0.25) is 0 Å². The van der Waals surface area contributed by atoms with E-state index in [1.54, 1.807) is 0 Å². The lowest BCUT2D eigenvalue weighted by atomic mass is 9.80. The molecule has 1 heterocycles. The van der Waals surface area contributed by atoms with Gasteiger partial charge in [0.1, 0.15) is 5.69 Å². The summed E-state index contributed by atoms with van der Waals surface area (Å²) < 4.78 is 2.16. The highest BCUT2D eigenvalue weighted by Crippen LogP contribution is 2.38. The third-order valence-corrected chi connectivity index (χ3v) is 5.64. The van der Waals surface area contributed by atoms with E-state index >= 15 is 0 Å². The Bertz CT molecular complexity index is 936. The lowest BCUT2D eigenvalue weighted by molar-refractivity contribution is -0.662. The van der Waals surface area contributed by atoms with Crippen LogP contribution in [0.15, 0.2) is 36.7 Å². The Labute approximate surface area is 144 Å². The van der Waals surface area contributed by atoms with Crippen LogP contribution in [-0.4, -0.2) is 4.98 Å². The molecule has 24 heavy (non-hydrogen) atoms. The first-order valence-electron chi connectivity index (χ1n) is 8.91. The molecule has 0 saturated heterocycles. The lowest BCUT2D eigenvalue weighted by Crippen LogP contribution is -2.32. The molecule has 2 aromatic carbocycles. The molecule has 122 valence electrons. The number of aromatic nitrogens is 2. The zero-order chi connectivity index (χ0) is 16.8. The van der Waals surface area contributed by atoms with E-state index in [9.17, 15) is 0 Å². The molecule has 0 unspecified atom stereocenters. The van der Waals surface area contributed by atoms with Crippen molar-refractivity contribution in [1.29, 1.82) is 0 Å². The predicted octanol–water partition coefficient (Wildman–Crippen LogP) is 4.92. The number of hydrogen-bond donors (Lipinski definition) is 0. The van der Waals surface area contributed by atoms with Gasteiger partial charge in [-0.1, -0.05) is 24.1 Å². The van der Waals surface area contributed by atoms with Crippen LogP contribution in [0, 0.1) is 20.8 Å². The Balaban J connectivity index is 1.96. The quantitative estimate of drug-likeness (QED) is 0.613. The molecule has 1 aliphatic carbocycles. The molecule has 1 aromatic heterocycles. The molecule has 0 spiro atoms. The van der Waals surface area contributed by atoms with Crippen molar-refractivity contribution >= 4 is 10.9 Å². The highest BCUT2D eigenvalue weighted by atomic mass is 15.0. The van der Waals surface area contributed by atoms with Crippen LogP contribution in [0.3, 0.4) is 0 Å². The number of aryl methyl sites for hydroxylation is 3. The minimum atomic E-state index is 0.747. The van der Waals surface area contributed by atoms with Gasteiger partial charge in [-0.25, -0.2) is 4.57 Å². The number of fused-ring (bicyclic) bond motifs is 1. The summed E-state index contributed by atoms with van der Waals surface area (Å²) in [5.41, 5.74) is 9.17. The summed E-state index contributed by atoms with van der Waals surface area (Å²) in [6.07, 6.45) is 5.98. The van der Waals surface area contributed by atoms with Crippen molar-refractivity contribution in [2.45, 2.75) is 46.0 Å². The van der Waals surface area contributed by atoms with Gasteiger partial charge in [0.05, 0.1) is 12.4 Å². The number of rotatable bonds is 2. The largest absolute Gasteiger partial charge is 0.287 e. The summed E-state index contributed by atoms with van der Waals surface area (Å²) >= 11 is 0. The average molecular weight is 317 g/mol. The normalized spacial score (nSPS) is 14.8. The third-order valence-electron chi connectivity index (χ3n) is 5.64. The van der Waals surface area contributed by atoms with E-state index in [-0.39, 0.29) is 0 Å². The highest BCUT2D eigenvalue weighted by Gasteiger charge is 2.22. The summed E-state index contributed by atoms with van der Waals surface area (Å²) in [4.78, 5) is 4.71. The predicted molar refractivity (Wildman–Crippen MR) is 99.2 cm³/mol. The Morgan fingerprint density at radius 2 is 1.83 bits per heavy atom. The fraction of sp³-hybridized carbons (Fsp3) is 0.364. The summed E-state index contributed by atoms with van der Waals surface area (Å²) in [6.45, 7) is 6.59. The minimum Gasteiger partial charge on any atom is -0.232 e. The molecule has 2 heteroatoms. The van der Waals surface area contributed by atoms with Crippen LogP contribution in [0.25, 0.3) is 22.2 Å². The first kappa shape index (κ1) is 15.3. The van der Waals surface area contributed by atoms with Crippen LogP contribution in [0.5, 0.6) is 0 Å². The van der Waals surface area contributed by atoms with Gasteiger partial charge in [0.25, 0.3) is 6.33 Å². The fourth-order valence-corrected chi connectivity index (χ4v) is 3.87. The maximum absolute atomic E-state index is 4.71. The standard InChI is InChI=1S/C22H25N2/c1-14-10-15(2)16(3)20(11-14)22-19-9-8-18(17-6-5-7-17)12-21(19)23-13-24(22)4/h8-13,17H,5-7H2,1-4H3/q+1. The van der Waals surface area contributed by atoms with E-state index in [1.807, 2.05) is 6.33 Å². The van der Waals surface area contributed by atoms with Gasteiger partial charge < -0.3 is 0 Å². The number of hydrogen-bond acceptors (Lipinski definition) is 1. The molecule has 3 aromatic rings. The van der Waals surface area contributed by atoms with Crippen molar-refractivity contribution in [3.8, 4) is 11.3 Å². The van der Waals surface area contributed by atoms with Crippen molar-refractivity contribution in [3.05, 3.63) is 58.9 Å². The van der Waals surface area contributed by atoms with Crippen molar-refractivity contribution in [2.24, 2.45) is 7.05 Å². The van der Waals surface area contributed by atoms with Gasteiger partial charge in [0.15, 0.2) is 5.52 Å². The van der Waals surface area contributed by atoms with Crippen molar-refractivity contribution < 1.29 is 4.57 Å². The van der Waals surface area contributed by atoms with Gasteiger partial charge in [-0.2, -0.15) is 0 Å². The van der Waals surface area contributed by atoms with Gasteiger partial charge in [-0.3, -0.25) is 0 Å². The van der Waals surface area contributed by atoms with Gasteiger partial charge in [-0.15, -0.1) is 0 Å². The van der Waals surface area contributed by atoms with E-state index < -0.39 is 0 Å². The summed E-state index contributed by atoms with van der Waals surface area (Å²) in [5, 5.41) is 1.25. The average Bonchev–Trinajstić information content (AvgIpc) is 2.50. The van der Waals surface area contributed by atoms with Crippen molar-refractivity contribution in [2.75, 3.05) is 0 Å². The number of nitrogens with zero attached hydrogens (tertiary/aromatic N) is 2. The van der Waals surface area contributed by atoms with Crippen molar-refractivity contribution in [1.82, 2.24) is 4.98 Å². The molecule has 0 bridgehead atoms. The van der Waals surface area contributed by atoms with Crippen LogP contribution in [0.2, 0.25) is 0 Å². The van der Waals surface area contributed by atoms with Crippen LogP contribution >= 0.6 is 0 Å². The second-order valence-electron chi connectivity index (χ2n) is 7.36. The zero-order valence-corrected chi connectivity index (χ0v) is 15.1. The molecule has 2 nitrogen and oxygen atoms in total. The molecular weight excluding hydrogens is 292 g/mol. The lowest BCUT2D eigenvalue weighted by Gasteiger charge is -2.25. The maximum atomic E-state index is 4.71. The second kappa shape index (κ2) is 5.70. The Morgan fingerprint density at radius 1 is 1.04 bits per heavy atom. The van der Waals surface area contributed by atoms with Gasteiger partial charge in [-0.05, 0) is 79.4 Å². The first-order valence-corrected chi connectivity index (χ1v) is 8.91. The third kappa shape index (κ3) is 2.41. The molecule has 0 aliphatic heterocycles. The van der Waals surface area contributed by atoms with E-state index in [4.69, 9.17) is 4.98 Å².